The van der Waals surface area contributed by atoms with E-state index >= 15 is 0 Å². The average Bonchev–Trinajstić information content (AvgIpc) is 3.32. The van der Waals surface area contributed by atoms with Crippen molar-refractivity contribution >= 4 is 23.4 Å². The Kier molecular flexibility index (Phi) is 6.79. The van der Waals surface area contributed by atoms with Gasteiger partial charge in [-0.25, -0.2) is 10.0 Å². The van der Waals surface area contributed by atoms with Crippen LogP contribution < -0.4 is 5.73 Å². The first-order valence-corrected chi connectivity index (χ1v) is 11.3. The Balaban J connectivity index is 1.76. The number of hydrazone groups is 1. The minimum atomic E-state index is 0.00736. The molecule has 0 saturated carbocycles. The number of aromatic nitrogens is 1. The summed E-state index contributed by atoms with van der Waals surface area (Å²) >= 11 is 0. The van der Waals surface area contributed by atoms with E-state index in [0.29, 0.717) is 23.6 Å². The van der Waals surface area contributed by atoms with Crippen molar-refractivity contribution in [3.8, 4) is 0 Å². The van der Waals surface area contributed by atoms with Crippen LogP contribution in [-0.4, -0.2) is 51.9 Å². The number of pyridine rings is 1. The molecule has 2 aliphatic heterocycles. The molecule has 1 unspecified atom stereocenters. The summed E-state index contributed by atoms with van der Waals surface area (Å²) in [5.41, 5.74) is 10.7. The Morgan fingerprint density at radius 3 is 2.79 bits per heavy atom. The first-order valence-electron chi connectivity index (χ1n) is 11.3. The maximum atomic E-state index is 13.3. The Bertz CT molecular complexity index is 1150. The van der Waals surface area contributed by atoms with Gasteiger partial charge in [0.2, 0.25) is 0 Å². The number of benzene rings is 1. The number of aliphatic imine (C=N–C) groups is 1. The molecule has 33 heavy (non-hydrogen) atoms. The predicted octanol–water partition coefficient (Wildman–Crippen LogP) is 3.97. The minimum absolute atomic E-state index is 0.00736. The molecule has 0 aliphatic carbocycles. The molecule has 170 valence electrons. The van der Waals surface area contributed by atoms with Gasteiger partial charge in [-0.2, -0.15) is 5.10 Å². The highest BCUT2D eigenvalue weighted by atomic mass is 16.2. The number of allylic oxidation sites excluding steroid dienone is 2. The van der Waals surface area contributed by atoms with Crippen LogP contribution in [-0.2, 0) is 0 Å². The van der Waals surface area contributed by atoms with E-state index in [0.717, 1.165) is 41.9 Å². The third-order valence-electron chi connectivity index (χ3n) is 5.96. The summed E-state index contributed by atoms with van der Waals surface area (Å²) in [5, 5.41) is 6.18. The predicted molar refractivity (Wildman–Crippen MR) is 133 cm³/mol. The smallest absolute Gasteiger partial charge is 0.254 e. The highest BCUT2D eigenvalue weighted by molar-refractivity contribution is 6.10. The second kappa shape index (κ2) is 9.92. The molecule has 1 amide bonds. The third-order valence-corrected chi connectivity index (χ3v) is 5.96. The largest absolute Gasteiger partial charge is 0.334 e. The number of hydrogen-bond acceptors (Lipinski definition) is 6. The van der Waals surface area contributed by atoms with Crippen molar-refractivity contribution in [1.82, 2.24) is 14.9 Å². The van der Waals surface area contributed by atoms with Crippen molar-refractivity contribution in [1.29, 1.82) is 0 Å². The molecule has 1 atom stereocenters. The zero-order valence-corrected chi connectivity index (χ0v) is 19.4. The molecule has 7 heteroatoms. The fourth-order valence-corrected chi connectivity index (χ4v) is 4.27. The minimum Gasteiger partial charge on any atom is -0.334 e. The van der Waals surface area contributed by atoms with Gasteiger partial charge in [0.25, 0.3) is 5.91 Å². The molecule has 7 nitrogen and oxygen atoms in total. The number of aryl methyl sites for hydroxylation is 1. The molecule has 1 aromatic carbocycles. The van der Waals surface area contributed by atoms with Gasteiger partial charge < -0.3 is 10.6 Å². The normalized spacial score (nSPS) is 19.9. The summed E-state index contributed by atoms with van der Waals surface area (Å²) in [7, 11) is 0. The second-order valence-corrected chi connectivity index (χ2v) is 8.26. The Hall–Kier alpha value is -3.58. The van der Waals surface area contributed by atoms with E-state index in [-0.39, 0.29) is 11.9 Å². The van der Waals surface area contributed by atoms with E-state index in [1.54, 1.807) is 11.2 Å². The van der Waals surface area contributed by atoms with Crippen LogP contribution in [0.3, 0.4) is 0 Å². The molecule has 1 saturated heterocycles. The summed E-state index contributed by atoms with van der Waals surface area (Å²) in [4.78, 5) is 24.8. The van der Waals surface area contributed by atoms with Gasteiger partial charge in [0, 0.05) is 53.9 Å². The van der Waals surface area contributed by atoms with Crippen LogP contribution in [0.15, 0.2) is 70.7 Å². The lowest BCUT2D eigenvalue weighted by Crippen LogP contribution is -2.40. The summed E-state index contributed by atoms with van der Waals surface area (Å²) in [6.07, 6.45) is 7.50. The fraction of sp³-hybridized carbons (Fsp3) is 0.308. The molecule has 2 aliphatic rings. The molecule has 0 spiro atoms. The number of carbonyl (C=O) groups is 1. The number of nitrogens with zero attached hydrogens (tertiary/aromatic N) is 5. The highest BCUT2D eigenvalue weighted by Gasteiger charge is 2.29. The lowest BCUT2D eigenvalue weighted by atomic mass is 10.1. The van der Waals surface area contributed by atoms with Crippen molar-refractivity contribution in [3.05, 3.63) is 83.1 Å². The van der Waals surface area contributed by atoms with Crippen LogP contribution in [0.4, 0.5) is 0 Å². The summed E-state index contributed by atoms with van der Waals surface area (Å²) in [6, 6.07) is 13.8. The Morgan fingerprint density at radius 2 is 2.06 bits per heavy atom. The van der Waals surface area contributed by atoms with E-state index in [9.17, 15) is 4.79 Å². The molecule has 2 aromatic rings. The van der Waals surface area contributed by atoms with Crippen molar-refractivity contribution in [3.63, 3.8) is 0 Å². The summed E-state index contributed by atoms with van der Waals surface area (Å²) in [5.74, 6) is 0.680. The number of rotatable bonds is 5. The molecule has 2 N–H and O–H groups in total. The monoisotopic (exact) mass is 442 g/mol. The van der Waals surface area contributed by atoms with Gasteiger partial charge in [0.1, 0.15) is 0 Å². The number of carbonyl (C=O) groups excluding carboxylic acids is 1. The number of nitrogens with two attached hydrogens (primary N) is 1. The summed E-state index contributed by atoms with van der Waals surface area (Å²) in [6.45, 7) is 6.96. The fourth-order valence-electron chi connectivity index (χ4n) is 4.27. The molecule has 3 heterocycles. The molecular weight excluding hydrogens is 412 g/mol. The first-order chi connectivity index (χ1) is 16.0. The van der Waals surface area contributed by atoms with Gasteiger partial charge in [0.05, 0.1) is 11.4 Å². The molecular formula is C26H30N6O. The Morgan fingerprint density at radius 1 is 1.27 bits per heavy atom. The average molecular weight is 443 g/mol. The molecule has 1 aromatic heterocycles. The zero-order chi connectivity index (χ0) is 23.4. The van der Waals surface area contributed by atoms with Crippen LogP contribution >= 0.6 is 0 Å². The maximum Gasteiger partial charge on any atom is 0.254 e. The SMILES string of the molecule is C/C=N\N1C=CC(c2ccccc2)=N/C1=C(/C)c1cc(C(=O)N2CCCC2CN)cc(C)n1. The van der Waals surface area contributed by atoms with Gasteiger partial charge in [-0.3, -0.25) is 9.78 Å². The highest BCUT2D eigenvalue weighted by Crippen LogP contribution is 2.27. The van der Waals surface area contributed by atoms with Crippen LogP contribution in [0.25, 0.3) is 5.57 Å². The van der Waals surface area contributed by atoms with Crippen LogP contribution in [0.5, 0.6) is 0 Å². The molecule has 4 rings (SSSR count). The lowest BCUT2D eigenvalue weighted by molar-refractivity contribution is 0.0741. The standard InChI is InChI=1S/C26H30N6O/c1-4-28-32-14-12-23(20-9-6-5-7-10-20)30-25(32)19(3)24-16-21(15-18(2)29-24)26(33)31-13-8-11-22(31)17-27/h4-7,9-10,12,14-16,22H,8,11,13,17,27H2,1-3H3/b25-19+,28-4-. The van der Waals surface area contributed by atoms with Crippen molar-refractivity contribution in [2.24, 2.45) is 15.8 Å². The zero-order valence-electron chi connectivity index (χ0n) is 19.4. The first kappa shape index (κ1) is 22.6. The van der Waals surface area contributed by atoms with Crippen LogP contribution in [0.2, 0.25) is 0 Å². The molecule has 0 radical (unpaired) electrons. The van der Waals surface area contributed by atoms with Crippen LogP contribution in [0, 0.1) is 6.92 Å². The van der Waals surface area contributed by atoms with E-state index in [1.807, 2.05) is 80.4 Å². The maximum absolute atomic E-state index is 13.3. The van der Waals surface area contributed by atoms with Gasteiger partial charge in [0.15, 0.2) is 5.82 Å². The Labute approximate surface area is 195 Å². The van der Waals surface area contributed by atoms with E-state index in [1.165, 1.54) is 0 Å². The number of amides is 1. The van der Waals surface area contributed by atoms with Gasteiger partial charge in [-0.1, -0.05) is 30.3 Å². The quantitative estimate of drug-likeness (QED) is 0.710. The third kappa shape index (κ3) is 4.78. The van der Waals surface area contributed by atoms with Crippen molar-refractivity contribution in [2.75, 3.05) is 13.1 Å². The van der Waals surface area contributed by atoms with Crippen molar-refractivity contribution < 1.29 is 4.79 Å². The summed E-state index contributed by atoms with van der Waals surface area (Å²) < 4.78 is 0. The lowest BCUT2D eigenvalue weighted by Gasteiger charge is -2.24. The van der Waals surface area contributed by atoms with Gasteiger partial charge in [-0.15, -0.1) is 0 Å². The van der Waals surface area contributed by atoms with E-state index < -0.39 is 0 Å². The van der Waals surface area contributed by atoms with E-state index in [2.05, 4.69) is 5.10 Å². The molecule has 1 fully saturated rings. The second-order valence-electron chi connectivity index (χ2n) is 8.26. The number of hydrogen-bond donors (Lipinski definition) is 1. The van der Waals surface area contributed by atoms with E-state index in [4.69, 9.17) is 15.7 Å². The number of likely N-dealkylation sites (tertiary alicyclic amines) is 1. The van der Waals surface area contributed by atoms with Crippen molar-refractivity contribution in [2.45, 2.75) is 39.7 Å². The van der Waals surface area contributed by atoms with Gasteiger partial charge >= 0.3 is 0 Å². The topological polar surface area (TPSA) is 87.2 Å². The molecule has 0 bridgehead atoms. The van der Waals surface area contributed by atoms with Crippen LogP contribution in [0.1, 0.15) is 54.0 Å². The van der Waals surface area contributed by atoms with Gasteiger partial charge in [-0.05, 0) is 51.8 Å².